The van der Waals surface area contributed by atoms with E-state index in [1.54, 1.807) is 11.3 Å². The lowest BCUT2D eigenvalue weighted by molar-refractivity contribution is -0.117. The Balaban J connectivity index is 1.72. The highest BCUT2D eigenvalue weighted by Gasteiger charge is 2.26. The van der Waals surface area contributed by atoms with Crippen LogP contribution in [0.2, 0.25) is 0 Å². The van der Waals surface area contributed by atoms with Crippen molar-refractivity contribution in [2.75, 3.05) is 11.4 Å². The summed E-state index contributed by atoms with van der Waals surface area (Å²) in [6.07, 6.45) is 1.35. The lowest BCUT2D eigenvalue weighted by Crippen LogP contribution is -2.30. The molecule has 0 bridgehead atoms. The number of carbonyl (C=O) groups excluding carboxylic acids is 1. The Bertz CT molecular complexity index is 855. The van der Waals surface area contributed by atoms with E-state index in [2.05, 4.69) is 31.2 Å². The van der Waals surface area contributed by atoms with Gasteiger partial charge in [0.2, 0.25) is 5.91 Å². The van der Waals surface area contributed by atoms with Gasteiger partial charge in [0, 0.05) is 16.8 Å². The van der Waals surface area contributed by atoms with Gasteiger partial charge in [-0.2, -0.15) is 0 Å². The number of hydrogen-bond donors (Lipinski definition) is 0. The van der Waals surface area contributed by atoms with E-state index in [0.717, 1.165) is 40.1 Å². The molecule has 0 saturated heterocycles. The summed E-state index contributed by atoms with van der Waals surface area (Å²) >= 11 is 1.63. The lowest BCUT2D eigenvalue weighted by atomic mass is 10.1. The summed E-state index contributed by atoms with van der Waals surface area (Å²) in [4.78, 5) is 20.3. The summed E-state index contributed by atoms with van der Waals surface area (Å²) in [5.41, 5.74) is 3.33. The fourth-order valence-electron chi connectivity index (χ4n) is 3.04. The Morgan fingerprint density at radius 2 is 2.23 bits per heavy atom. The zero-order valence-corrected chi connectivity index (χ0v) is 13.2. The van der Waals surface area contributed by atoms with E-state index in [0.29, 0.717) is 6.42 Å². The first kappa shape index (κ1) is 13.5. The van der Waals surface area contributed by atoms with Gasteiger partial charge < -0.3 is 0 Å². The Labute approximate surface area is 133 Å². The van der Waals surface area contributed by atoms with Crippen molar-refractivity contribution in [3.63, 3.8) is 0 Å². The standard InChI is InChI=1S/C18H16N2OS/c1-12-4-2-5-13-10-14-7-8-20(18(14)19-17(12)13)16(21)11-15-6-3-9-22-15/h2-6,9-10H,7-8,11H2,1H3. The van der Waals surface area contributed by atoms with Crippen LogP contribution >= 0.6 is 11.3 Å². The van der Waals surface area contributed by atoms with Crippen LogP contribution in [-0.2, 0) is 17.6 Å². The van der Waals surface area contributed by atoms with E-state index in [4.69, 9.17) is 4.98 Å². The molecule has 1 aromatic carbocycles. The monoisotopic (exact) mass is 308 g/mol. The number of carbonyl (C=O) groups is 1. The molecule has 3 aromatic rings. The third-order valence-corrected chi connectivity index (χ3v) is 5.05. The number of para-hydroxylation sites is 1. The molecule has 1 amide bonds. The second-order valence-electron chi connectivity index (χ2n) is 5.67. The van der Waals surface area contributed by atoms with Crippen LogP contribution in [0.25, 0.3) is 10.9 Å². The summed E-state index contributed by atoms with van der Waals surface area (Å²) in [6.45, 7) is 2.80. The van der Waals surface area contributed by atoms with Crippen molar-refractivity contribution in [1.82, 2.24) is 4.98 Å². The second-order valence-corrected chi connectivity index (χ2v) is 6.70. The molecular formula is C18H16N2OS. The number of hydrogen-bond acceptors (Lipinski definition) is 3. The van der Waals surface area contributed by atoms with E-state index < -0.39 is 0 Å². The number of aromatic nitrogens is 1. The number of fused-ring (bicyclic) bond motifs is 2. The SMILES string of the molecule is Cc1cccc2cc3c(nc12)N(C(=O)Cc1cccs1)CC3. The van der Waals surface area contributed by atoms with Gasteiger partial charge in [-0.1, -0.05) is 24.3 Å². The van der Waals surface area contributed by atoms with E-state index >= 15 is 0 Å². The van der Waals surface area contributed by atoms with E-state index in [1.807, 2.05) is 22.4 Å². The largest absolute Gasteiger partial charge is 0.296 e. The summed E-state index contributed by atoms with van der Waals surface area (Å²) in [5, 5.41) is 3.17. The average Bonchev–Trinajstić information content (AvgIpc) is 3.14. The molecule has 4 heteroatoms. The molecular weight excluding hydrogens is 292 g/mol. The number of rotatable bonds is 2. The highest BCUT2D eigenvalue weighted by molar-refractivity contribution is 7.10. The highest BCUT2D eigenvalue weighted by atomic mass is 32.1. The van der Waals surface area contributed by atoms with Crippen LogP contribution in [0.1, 0.15) is 16.0 Å². The van der Waals surface area contributed by atoms with Gasteiger partial charge in [0.1, 0.15) is 5.82 Å². The lowest BCUT2D eigenvalue weighted by Gasteiger charge is -2.16. The molecule has 4 rings (SSSR count). The van der Waals surface area contributed by atoms with Gasteiger partial charge in [-0.15, -0.1) is 11.3 Å². The van der Waals surface area contributed by atoms with E-state index in [1.165, 1.54) is 5.56 Å². The summed E-state index contributed by atoms with van der Waals surface area (Å²) in [5.74, 6) is 0.991. The first-order chi connectivity index (χ1) is 10.7. The Morgan fingerprint density at radius 3 is 3.05 bits per heavy atom. The van der Waals surface area contributed by atoms with Crippen LogP contribution in [0.15, 0.2) is 41.8 Å². The van der Waals surface area contributed by atoms with Gasteiger partial charge in [0.25, 0.3) is 0 Å². The molecule has 3 heterocycles. The van der Waals surface area contributed by atoms with Crippen molar-refractivity contribution in [1.29, 1.82) is 0 Å². The van der Waals surface area contributed by atoms with Gasteiger partial charge in [-0.05, 0) is 42.0 Å². The molecule has 0 fully saturated rings. The van der Waals surface area contributed by atoms with Crippen LogP contribution < -0.4 is 4.90 Å². The number of amides is 1. The van der Waals surface area contributed by atoms with Crippen molar-refractivity contribution in [2.24, 2.45) is 0 Å². The number of nitrogens with zero attached hydrogens (tertiary/aromatic N) is 2. The maximum atomic E-state index is 12.6. The van der Waals surface area contributed by atoms with Crippen molar-refractivity contribution < 1.29 is 4.79 Å². The summed E-state index contributed by atoms with van der Waals surface area (Å²) in [7, 11) is 0. The first-order valence-electron chi connectivity index (χ1n) is 7.44. The molecule has 0 unspecified atom stereocenters. The maximum Gasteiger partial charge on any atom is 0.233 e. The molecule has 1 aliphatic heterocycles. The number of pyridine rings is 1. The van der Waals surface area contributed by atoms with Crippen LogP contribution in [0.3, 0.4) is 0 Å². The molecule has 0 atom stereocenters. The summed E-state index contributed by atoms with van der Waals surface area (Å²) < 4.78 is 0. The van der Waals surface area contributed by atoms with Gasteiger partial charge in [0.05, 0.1) is 11.9 Å². The predicted octanol–water partition coefficient (Wildman–Crippen LogP) is 3.74. The quantitative estimate of drug-likeness (QED) is 0.722. The van der Waals surface area contributed by atoms with Crippen LogP contribution in [0.4, 0.5) is 5.82 Å². The third-order valence-electron chi connectivity index (χ3n) is 4.17. The molecule has 0 spiro atoms. The summed E-state index contributed by atoms with van der Waals surface area (Å²) in [6, 6.07) is 12.4. The van der Waals surface area contributed by atoms with E-state index in [9.17, 15) is 4.79 Å². The topological polar surface area (TPSA) is 33.2 Å². The Kier molecular flexibility index (Phi) is 3.19. The zero-order valence-electron chi connectivity index (χ0n) is 12.4. The first-order valence-corrected chi connectivity index (χ1v) is 8.32. The molecule has 0 aliphatic carbocycles. The molecule has 0 saturated carbocycles. The number of benzene rings is 1. The van der Waals surface area contributed by atoms with Gasteiger partial charge in [-0.25, -0.2) is 4.98 Å². The Morgan fingerprint density at radius 1 is 1.32 bits per heavy atom. The smallest absolute Gasteiger partial charge is 0.233 e. The fourth-order valence-corrected chi connectivity index (χ4v) is 3.73. The predicted molar refractivity (Wildman–Crippen MR) is 90.6 cm³/mol. The second kappa shape index (κ2) is 5.21. The maximum absolute atomic E-state index is 12.6. The minimum Gasteiger partial charge on any atom is -0.296 e. The van der Waals surface area contributed by atoms with Gasteiger partial charge >= 0.3 is 0 Å². The minimum atomic E-state index is 0.140. The van der Waals surface area contributed by atoms with E-state index in [-0.39, 0.29) is 5.91 Å². The molecule has 0 N–H and O–H groups in total. The van der Waals surface area contributed by atoms with Crippen LogP contribution in [0.5, 0.6) is 0 Å². The fraction of sp³-hybridized carbons (Fsp3) is 0.222. The van der Waals surface area contributed by atoms with Crippen molar-refractivity contribution in [3.05, 3.63) is 57.8 Å². The molecule has 110 valence electrons. The molecule has 22 heavy (non-hydrogen) atoms. The highest BCUT2D eigenvalue weighted by Crippen LogP contribution is 2.31. The third kappa shape index (κ3) is 2.20. The van der Waals surface area contributed by atoms with Crippen LogP contribution in [-0.4, -0.2) is 17.4 Å². The zero-order chi connectivity index (χ0) is 15.1. The molecule has 1 aliphatic rings. The molecule has 0 radical (unpaired) electrons. The van der Waals surface area contributed by atoms with Gasteiger partial charge in [0.15, 0.2) is 0 Å². The van der Waals surface area contributed by atoms with Crippen molar-refractivity contribution >= 4 is 34.0 Å². The number of anilines is 1. The Hall–Kier alpha value is -2.20. The van der Waals surface area contributed by atoms with Crippen molar-refractivity contribution in [3.8, 4) is 0 Å². The normalized spacial score (nSPS) is 13.6. The van der Waals surface area contributed by atoms with Crippen LogP contribution in [0, 0.1) is 6.92 Å². The number of aryl methyl sites for hydroxylation is 1. The molecule has 2 aromatic heterocycles. The average molecular weight is 308 g/mol. The van der Waals surface area contributed by atoms with Gasteiger partial charge in [-0.3, -0.25) is 9.69 Å². The molecule has 3 nitrogen and oxygen atoms in total. The van der Waals surface area contributed by atoms with Crippen molar-refractivity contribution in [2.45, 2.75) is 19.8 Å². The number of thiophene rings is 1. The minimum absolute atomic E-state index is 0.140.